The van der Waals surface area contributed by atoms with Crippen LogP contribution in [0.2, 0.25) is 0 Å². The minimum absolute atomic E-state index is 0.0863. The van der Waals surface area contributed by atoms with Crippen molar-refractivity contribution in [1.29, 1.82) is 0 Å². The molecule has 0 amide bonds. The summed E-state index contributed by atoms with van der Waals surface area (Å²) >= 11 is 0. The highest BCUT2D eigenvalue weighted by molar-refractivity contribution is 5.94. The van der Waals surface area contributed by atoms with Crippen LogP contribution < -0.4 is 5.32 Å². The molecular weight excluding hydrogens is 218 g/mol. The second-order valence-electron chi connectivity index (χ2n) is 4.45. The average molecular weight is 237 g/mol. The fourth-order valence-corrected chi connectivity index (χ4v) is 2.09. The third-order valence-electron chi connectivity index (χ3n) is 3.10. The van der Waals surface area contributed by atoms with Gasteiger partial charge < -0.3 is 14.5 Å². The third-order valence-corrected chi connectivity index (χ3v) is 3.10. The molecule has 1 atom stereocenters. The van der Waals surface area contributed by atoms with Crippen LogP contribution in [0.25, 0.3) is 0 Å². The summed E-state index contributed by atoms with van der Waals surface area (Å²) < 4.78 is 10.4. The summed E-state index contributed by atoms with van der Waals surface area (Å²) in [7, 11) is 0. The fraction of sp³-hybridized carbons (Fsp3) is 0.615. The van der Waals surface area contributed by atoms with Gasteiger partial charge in [0.1, 0.15) is 6.61 Å². The molecular formula is C13H19NO3. The molecule has 1 aromatic rings. The highest BCUT2D eigenvalue weighted by Gasteiger charge is 2.13. The van der Waals surface area contributed by atoms with Crippen molar-refractivity contribution < 1.29 is 13.9 Å². The molecule has 4 nitrogen and oxygen atoms in total. The first kappa shape index (κ1) is 12.3. The first-order chi connectivity index (χ1) is 8.36. The number of hydrogen-bond acceptors (Lipinski definition) is 4. The second kappa shape index (κ2) is 6.57. The number of ketones is 1. The van der Waals surface area contributed by atoms with Crippen LogP contribution in [-0.4, -0.2) is 32.1 Å². The minimum Gasteiger partial charge on any atom is -0.461 e. The Hall–Kier alpha value is -1.13. The molecule has 0 aromatic carbocycles. The number of carbonyl (C=O) groups is 1. The van der Waals surface area contributed by atoms with Crippen LogP contribution in [0.1, 0.15) is 29.8 Å². The number of nitrogens with one attached hydrogen (secondary N) is 1. The molecule has 0 radical (unpaired) electrons. The lowest BCUT2D eigenvalue weighted by atomic mass is 9.97. The van der Waals surface area contributed by atoms with Crippen LogP contribution in [0.5, 0.6) is 0 Å². The van der Waals surface area contributed by atoms with Crippen molar-refractivity contribution in [2.24, 2.45) is 5.92 Å². The Bertz CT molecular complexity index is 328. The van der Waals surface area contributed by atoms with Gasteiger partial charge in [0.2, 0.25) is 5.78 Å². The molecule has 2 heterocycles. The molecule has 17 heavy (non-hydrogen) atoms. The van der Waals surface area contributed by atoms with Gasteiger partial charge in [0.15, 0.2) is 5.76 Å². The number of hydrogen-bond donors (Lipinski definition) is 1. The molecule has 4 heteroatoms. The predicted octanol–water partition coefficient (Wildman–Crippen LogP) is 1.87. The van der Waals surface area contributed by atoms with E-state index in [9.17, 15) is 4.79 Å². The molecule has 1 fully saturated rings. The van der Waals surface area contributed by atoms with E-state index in [1.807, 2.05) is 0 Å². The molecule has 1 aromatic heterocycles. The monoisotopic (exact) mass is 237 g/mol. The van der Waals surface area contributed by atoms with Crippen LogP contribution in [0.3, 0.4) is 0 Å². The van der Waals surface area contributed by atoms with E-state index in [4.69, 9.17) is 9.15 Å². The summed E-state index contributed by atoms with van der Waals surface area (Å²) in [6.07, 6.45) is 5.04. The van der Waals surface area contributed by atoms with Crippen LogP contribution >= 0.6 is 0 Å². The van der Waals surface area contributed by atoms with Crippen molar-refractivity contribution in [1.82, 2.24) is 5.32 Å². The summed E-state index contributed by atoms with van der Waals surface area (Å²) in [5, 5.41) is 3.37. The quantitative estimate of drug-likeness (QED) is 0.606. The number of Topliss-reactive ketones (excluding diaryl/α,β-unsaturated/α-hetero) is 1. The van der Waals surface area contributed by atoms with Gasteiger partial charge in [-0.1, -0.05) is 0 Å². The van der Waals surface area contributed by atoms with E-state index in [1.165, 1.54) is 19.1 Å². The van der Waals surface area contributed by atoms with Crippen LogP contribution in [0.15, 0.2) is 22.8 Å². The maximum absolute atomic E-state index is 11.5. The van der Waals surface area contributed by atoms with Crippen LogP contribution in [0, 0.1) is 5.92 Å². The van der Waals surface area contributed by atoms with E-state index in [0.717, 1.165) is 19.5 Å². The van der Waals surface area contributed by atoms with Crippen molar-refractivity contribution in [2.45, 2.75) is 19.3 Å². The Morgan fingerprint density at radius 2 is 2.53 bits per heavy atom. The van der Waals surface area contributed by atoms with Gasteiger partial charge in [-0.2, -0.15) is 0 Å². The molecule has 1 aliphatic heterocycles. The molecule has 1 N–H and O–H groups in total. The second-order valence-corrected chi connectivity index (χ2v) is 4.45. The van der Waals surface area contributed by atoms with Gasteiger partial charge in [-0.05, 0) is 50.4 Å². The number of piperidine rings is 1. The lowest BCUT2D eigenvalue weighted by Gasteiger charge is -2.22. The maximum Gasteiger partial charge on any atom is 0.223 e. The first-order valence-corrected chi connectivity index (χ1v) is 6.21. The Morgan fingerprint density at radius 3 is 3.24 bits per heavy atom. The van der Waals surface area contributed by atoms with E-state index in [1.54, 1.807) is 12.1 Å². The highest BCUT2D eigenvalue weighted by atomic mass is 16.5. The fourth-order valence-electron chi connectivity index (χ4n) is 2.09. The Labute approximate surface area is 101 Å². The highest BCUT2D eigenvalue weighted by Crippen LogP contribution is 2.13. The van der Waals surface area contributed by atoms with Gasteiger partial charge in [0.25, 0.3) is 0 Å². The summed E-state index contributed by atoms with van der Waals surface area (Å²) in [4.78, 5) is 11.5. The third kappa shape index (κ3) is 3.98. The Kier molecular flexibility index (Phi) is 4.76. The SMILES string of the molecule is O=C(COCC[C@@H]1CCCNC1)c1ccco1. The molecule has 0 saturated carbocycles. The van der Waals surface area contributed by atoms with Crippen molar-refractivity contribution >= 4 is 5.78 Å². The molecule has 0 aliphatic carbocycles. The summed E-state index contributed by atoms with van der Waals surface area (Å²) in [6, 6.07) is 3.37. The van der Waals surface area contributed by atoms with E-state index >= 15 is 0 Å². The van der Waals surface area contributed by atoms with Gasteiger partial charge in [-0.3, -0.25) is 4.79 Å². The zero-order valence-corrected chi connectivity index (χ0v) is 9.98. The first-order valence-electron chi connectivity index (χ1n) is 6.21. The predicted molar refractivity (Wildman–Crippen MR) is 64.1 cm³/mol. The summed E-state index contributed by atoms with van der Waals surface area (Å²) in [6.45, 7) is 2.98. The molecule has 1 aliphatic rings. The van der Waals surface area contributed by atoms with Gasteiger partial charge in [-0.15, -0.1) is 0 Å². The minimum atomic E-state index is -0.0863. The molecule has 2 rings (SSSR count). The Balaban J connectivity index is 1.58. The van der Waals surface area contributed by atoms with Crippen LogP contribution in [-0.2, 0) is 4.74 Å². The number of rotatable bonds is 6. The van der Waals surface area contributed by atoms with E-state index in [2.05, 4.69) is 5.32 Å². The number of ether oxygens (including phenoxy) is 1. The van der Waals surface area contributed by atoms with Crippen molar-refractivity contribution in [3.63, 3.8) is 0 Å². The van der Waals surface area contributed by atoms with Crippen molar-refractivity contribution in [3.05, 3.63) is 24.2 Å². The van der Waals surface area contributed by atoms with Gasteiger partial charge in [-0.25, -0.2) is 0 Å². The van der Waals surface area contributed by atoms with Crippen molar-refractivity contribution in [2.75, 3.05) is 26.3 Å². The summed E-state index contributed by atoms with van der Waals surface area (Å²) in [5.41, 5.74) is 0. The van der Waals surface area contributed by atoms with Crippen molar-refractivity contribution in [3.8, 4) is 0 Å². The molecule has 0 unspecified atom stereocenters. The zero-order chi connectivity index (χ0) is 11.9. The number of furan rings is 1. The van der Waals surface area contributed by atoms with Gasteiger partial charge in [0.05, 0.1) is 6.26 Å². The topological polar surface area (TPSA) is 51.5 Å². The normalized spacial score (nSPS) is 20.4. The van der Waals surface area contributed by atoms with Crippen LogP contribution in [0.4, 0.5) is 0 Å². The smallest absolute Gasteiger partial charge is 0.223 e. The van der Waals surface area contributed by atoms with E-state index < -0.39 is 0 Å². The molecule has 1 saturated heterocycles. The molecule has 0 spiro atoms. The maximum atomic E-state index is 11.5. The summed E-state index contributed by atoms with van der Waals surface area (Å²) in [5.74, 6) is 0.989. The average Bonchev–Trinajstić information content (AvgIpc) is 2.89. The zero-order valence-electron chi connectivity index (χ0n) is 9.98. The van der Waals surface area contributed by atoms with E-state index in [0.29, 0.717) is 18.3 Å². The number of carbonyl (C=O) groups excluding carboxylic acids is 1. The lowest BCUT2D eigenvalue weighted by molar-refractivity contribution is 0.0699. The van der Waals surface area contributed by atoms with Gasteiger partial charge >= 0.3 is 0 Å². The molecule has 0 bridgehead atoms. The standard InChI is InChI=1S/C13H19NO3/c15-12(13-4-2-7-17-13)10-16-8-5-11-3-1-6-14-9-11/h2,4,7,11,14H,1,3,5-6,8-10H2/t11-/m0/s1. The molecule has 94 valence electrons. The Morgan fingerprint density at radius 1 is 1.59 bits per heavy atom. The largest absolute Gasteiger partial charge is 0.461 e. The van der Waals surface area contributed by atoms with E-state index in [-0.39, 0.29) is 12.4 Å². The van der Waals surface area contributed by atoms with Gasteiger partial charge in [0, 0.05) is 6.61 Å². The lowest BCUT2D eigenvalue weighted by Crippen LogP contribution is -2.30.